The molecule has 146 valence electrons. The third-order valence-electron chi connectivity index (χ3n) is 4.05. The Hall–Kier alpha value is -2.99. The maximum absolute atomic E-state index is 12.9. The largest absolute Gasteiger partial charge is 0.507 e. The first-order valence-electron chi connectivity index (χ1n) is 7.55. The molecule has 5 N–H and O–H groups in total. The molecule has 0 bridgehead atoms. The van der Waals surface area contributed by atoms with Crippen molar-refractivity contribution in [3.8, 4) is 5.75 Å². The van der Waals surface area contributed by atoms with Crippen LogP contribution >= 0.6 is 0 Å². The van der Waals surface area contributed by atoms with Crippen LogP contribution in [-0.4, -0.2) is 36.8 Å². The Morgan fingerprint density at radius 3 is 2.07 bits per heavy atom. The van der Waals surface area contributed by atoms with Crippen molar-refractivity contribution in [1.82, 2.24) is 0 Å². The van der Waals surface area contributed by atoms with Crippen LogP contribution in [0.2, 0.25) is 0 Å². The Bertz CT molecular complexity index is 1350. The molecular weight excluding hydrogens is 410 g/mol. The van der Waals surface area contributed by atoms with Crippen molar-refractivity contribution >= 4 is 42.5 Å². The zero-order chi connectivity index (χ0) is 20.9. The zero-order valence-electron chi connectivity index (χ0n) is 13.9. The van der Waals surface area contributed by atoms with Crippen LogP contribution < -0.4 is 5.73 Å². The Balaban J connectivity index is 2.45. The Labute approximate surface area is 159 Å². The predicted octanol–water partition coefficient (Wildman–Crippen LogP) is 1.85. The molecule has 0 spiro atoms. The fourth-order valence-electron chi connectivity index (χ4n) is 2.82. The highest BCUT2D eigenvalue weighted by Gasteiger charge is 2.25. The summed E-state index contributed by atoms with van der Waals surface area (Å²) in [4.78, 5) is 11.3. The first-order valence-corrected chi connectivity index (χ1v) is 10.4. The van der Waals surface area contributed by atoms with Gasteiger partial charge < -0.3 is 10.8 Å². The second kappa shape index (κ2) is 6.56. The molecule has 0 saturated carbocycles. The summed E-state index contributed by atoms with van der Waals surface area (Å²) in [5.74, 6) is -1.45. The summed E-state index contributed by atoms with van der Waals surface area (Å²) in [5, 5.41) is 9.53. The number of para-hydroxylation sites is 1. The van der Waals surface area contributed by atoms with Crippen LogP contribution in [0, 0.1) is 0 Å². The Kier molecular flexibility index (Phi) is 4.63. The molecule has 0 amide bonds. The minimum atomic E-state index is -4.85. The van der Waals surface area contributed by atoms with Gasteiger partial charge in [0, 0.05) is 33.7 Å². The number of carbonyl (C=O) groups excluding carboxylic acids is 1. The van der Waals surface area contributed by atoms with E-state index in [9.17, 15) is 35.8 Å². The van der Waals surface area contributed by atoms with E-state index in [-0.39, 0.29) is 22.2 Å². The number of nitrogens with two attached hydrogens (primary N) is 1. The van der Waals surface area contributed by atoms with Crippen molar-refractivity contribution in [3.05, 3.63) is 59.7 Å². The highest BCUT2D eigenvalue weighted by atomic mass is 32.2. The van der Waals surface area contributed by atoms with E-state index in [0.29, 0.717) is 6.07 Å². The molecule has 28 heavy (non-hydrogen) atoms. The van der Waals surface area contributed by atoms with Crippen LogP contribution in [0.25, 0.3) is 10.8 Å². The number of phenols is 1. The molecular formula is C17H13NO8S2. The number of hydrogen-bond donors (Lipinski definition) is 4. The lowest BCUT2D eigenvalue weighted by Gasteiger charge is -2.13. The molecule has 0 aliphatic heterocycles. The quantitative estimate of drug-likeness (QED) is 0.277. The third kappa shape index (κ3) is 3.43. The zero-order valence-corrected chi connectivity index (χ0v) is 15.5. The monoisotopic (exact) mass is 423 g/mol. The number of nitrogen functional groups attached to an aromatic ring is 1. The van der Waals surface area contributed by atoms with Gasteiger partial charge in [-0.1, -0.05) is 12.1 Å². The molecule has 11 heteroatoms. The number of rotatable bonds is 4. The first kappa shape index (κ1) is 19.8. The summed E-state index contributed by atoms with van der Waals surface area (Å²) < 4.78 is 64.9. The van der Waals surface area contributed by atoms with E-state index in [4.69, 9.17) is 5.73 Å². The van der Waals surface area contributed by atoms with Gasteiger partial charge in [0.15, 0.2) is 5.78 Å². The fraction of sp³-hybridized carbons (Fsp3) is 0. The summed E-state index contributed by atoms with van der Waals surface area (Å²) in [6, 6.07) is 9.39. The second-order valence-corrected chi connectivity index (χ2v) is 8.65. The normalized spacial score (nSPS) is 12.2. The van der Waals surface area contributed by atoms with Crippen molar-refractivity contribution in [3.63, 3.8) is 0 Å². The number of aromatic hydroxyl groups is 1. The van der Waals surface area contributed by atoms with Crippen LogP contribution in [0.15, 0.2) is 58.3 Å². The number of anilines is 1. The van der Waals surface area contributed by atoms with Crippen LogP contribution in [0.4, 0.5) is 5.69 Å². The minimum absolute atomic E-state index is 0.0710. The van der Waals surface area contributed by atoms with Crippen LogP contribution in [0.5, 0.6) is 5.75 Å². The van der Waals surface area contributed by atoms with E-state index >= 15 is 0 Å². The van der Waals surface area contributed by atoms with Crippen molar-refractivity contribution in [2.45, 2.75) is 9.79 Å². The lowest BCUT2D eigenvalue weighted by molar-refractivity contribution is 0.104. The van der Waals surface area contributed by atoms with Crippen molar-refractivity contribution in [2.24, 2.45) is 0 Å². The maximum Gasteiger partial charge on any atom is 0.295 e. The van der Waals surface area contributed by atoms with Gasteiger partial charge in [0.05, 0.1) is 4.90 Å². The highest BCUT2D eigenvalue weighted by Crippen LogP contribution is 2.36. The van der Waals surface area contributed by atoms with E-state index in [2.05, 4.69) is 0 Å². The topological polar surface area (TPSA) is 172 Å². The summed E-state index contributed by atoms with van der Waals surface area (Å²) >= 11 is 0. The highest BCUT2D eigenvalue weighted by molar-refractivity contribution is 7.86. The molecule has 0 aromatic heterocycles. The molecule has 0 unspecified atom stereocenters. The standard InChI is InChI=1S/C17H13NO8S2/c18-13-4-2-1-3-10(13)17(20)11-5-6-15(28(24,25)26)12-7-9(27(21,22)23)8-14(19)16(11)12/h1-8,19H,18H2,(H,21,22,23)(H,24,25,26). The molecule has 0 heterocycles. The van der Waals surface area contributed by atoms with Crippen LogP contribution in [-0.2, 0) is 20.2 Å². The number of ketones is 1. The van der Waals surface area contributed by atoms with Gasteiger partial charge in [0.1, 0.15) is 10.6 Å². The number of phenolic OH excluding ortho intramolecular Hbond substituents is 1. The van der Waals surface area contributed by atoms with Crippen molar-refractivity contribution < 1.29 is 35.8 Å². The molecule has 0 aliphatic carbocycles. The second-order valence-electron chi connectivity index (χ2n) is 5.84. The molecule has 3 rings (SSSR count). The van der Waals surface area contributed by atoms with Gasteiger partial charge in [0.25, 0.3) is 20.2 Å². The molecule has 9 nitrogen and oxygen atoms in total. The molecule has 0 saturated heterocycles. The number of carbonyl (C=O) groups is 1. The van der Waals surface area contributed by atoms with Gasteiger partial charge in [-0.2, -0.15) is 16.8 Å². The molecule has 0 radical (unpaired) electrons. The molecule has 3 aromatic carbocycles. The number of fused-ring (bicyclic) bond motifs is 1. The lowest BCUT2D eigenvalue weighted by atomic mass is 9.95. The third-order valence-corrected chi connectivity index (χ3v) is 5.80. The van der Waals surface area contributed by atoms with E-state index in [0.717, 1.165) is 18.2 Å². The smallest absolute Gasteiger partial charge is 0.295 e. The molecule has 0 fully saturated rings. The molecule has 3 aromatic rings. The fourth-order valence-corrected chi connectivity index (χ4v) is 4.03. The van der Waals surface area contributed by atoms with E-state index in [1.165, 1.54) is 12.1 Å². The number of hydrogen-bond acceptors (Lipinski definition) is 7. The van der Waals surface area contributed by atoms with E-state index in [1.54, 1.807) is 12.1 Å². The maximum atomic E-state index is 12.9. The summed E-state index contributed by atoms with van der Waals surface area (Å²) in [6.45, 7) is 0. The summed E-state index contributed by atoms with van der Waals surface area (Å²) in [5.41, 5.74) is 5.81. The first-order chi connectivity index (χ1) is 12.9. The molecule has 0 aliphatic rings. The lowest BCUT2D eigenvalue weighted by Crippen LogP contribution is -2.08. The predicted molar refractivity (Wildman–Crippen MR) is 99.5 cm³/mol. The molecule has 0 atom stereocenters. The SMILES string of the molecule is Nc1ccccc1C(=O)c1ccc(S(=O)(=O)O)c2cc(S(=O)(=O)O)cc(O)c12. The average Bonchev–Trinajstić information content (AvgIpc) is 2.58. The van der Waals surface area contributed by atoms with Crippen LogP contribution in [0.3, 0.4) is 0 Å². The van der Waals surface area contributed by atoms with E-state index < -0.39 is 46.9 Å². The Morgan fingerprint density at radius 2 is 1.50 bits per heavy atom. The van der Waals surface area contributed by atoms with Gasteiger partial charge in [-0.25, -0.2) is 0 Å². The van der Waals surface area contributed by atoms with Crippen molar-refractivity contribution in [1.29, 1.82) is 0 Å². The van der Waals surface area contributed by atoms with Gasteiger partial charge in [-0.3, -0.25) is 13.9 Å². The number of benzene rings is 3. The summed E-state index contributed by atoms with van der Waals surface area (Å²) in [6.07, 6.45) is 0. The Morgan fingerprint density at radius 1 is 0.857 bits per heavy atom. The van der Waals surface area contributed by atoms with Crippen molar-refractivity contribution in [2.75, 3.05) is 5.73 Å². The average molecular weight is 423 g/mol. The van der Waals surface area contributed by atoms with Gasteiger partial charge in [-0.05, 0) is 30.3 Å². The minimum Gasteiger partial charge on any atom is -0.507 e. The van der Waals surface area contributed by atoms with E-state index in [1.807, 2.05) is 0 Å². The summed E-state index contributed by atoms with van der Waals surface area (Å²) in [7, 11) is -9.66. The van der Waals surface area contributed by atoms with Gasteiger partial charge in [0.2, 0.25) is 0 Å². The van der Waals surface area contributed by atoms with Crippen LogP contribution in [0.1, 0.15) is 15.9 Å². The van der Waals surface area contributed by atoms with Gasteiger partial charge >= 0.3 is 0 Å². The van der Waals surface area contributed by atoms with Gasteiger partial charge in [-0.15, -0.1) is 0 Å².